The highest BCUT2D eigenvalue weighted by Gasteiger charge is 2.09. The number of hydrogen-bond donors (Lipinski definition) is 1. The van der Waals surface area contributed by atoms with Gasteiger partial charge in [0.15, 0.2) is 0 Å². The van der Waals surface area contributed by atoms with E-state index in [1.807, 2.05) is 6.20 Å². The van der Waals surface area contributed by atoms with E-state index in [0.29, 0.717) is 0 Å². The predicted molar refractivity (Wildman–Crippen MR) is 86.7 cm³/mol. The molecule has 20 heavy (non-hydrogen) atoms. The van der Waals surface area contributed by atoms with Gasteiger partial charge in [-0.1, -0.05) is 26.3 Å². The predicted octanol–water partition coefficient (Wildman–Crippen LogP) is 3.59. The van der Waals surface area contributed by atoms with Crippen LogP contribution in [0.25, 0.3) is 0 Å². The fourth-order valence-corrected chi connectivity index (χ4v) is 1.98. The first-order valence-electron chi connectivity index (χ1n) is 7.85. The summed E-state index contributed by atoms with van der Waals surface area (Å²) in [5.41, 5.74) is 2.57. The van der Waals surface area contributed by atoms with Crippen LogP contribution in [0.15, 0.2) is 18.3 Å². The number of hydrogen-bond acceptors (Lipinski definition) is 3. The van der Waals surface area contributed by atoms with Crippen LogP contribution in [0.1, 0.15) is 58.7 Å². The van der Waals surface area contributed by atoms with Gasteiger partial charge in [-0.05, 0) is 51.9 Å². The molecular formula is C17H31N3. The third kappa shape index (κ3) is 7.01. The summed E-state index contributed by atoms with van der Waals surface area (Å²) in [5, 5.41) is 3.49. The second kappa shape index (κ2) is 8.38. The molecule has 1 aromatic rings. The Morgan fingerprint density at radius 1 is 1.20 bits per heavy atom. The normalized spacial score (nSPS) is 12.1. The first-order valence-corrected chi connectivity index (χ1v) is 7.85. The lowest BCUT2D eigenvalue weighted by Gasteiger charge is -2.21. The minimum absolute atomic E-state index is 0.151. The standard InChI is InChI=1S/C17H31N3/c1-6-8-11-20(7-2)14-16-10-9-15(12-18-16)13-19-17(3,4)5/h9-10,12,19H,6-8,11,13-14H2,1-5H3. The van der Waals surface area contributed by atoms with Gasteiger partial charge >= 0.3 is 0 Å². The molecule has 0 aliphatic rings. The Bertz CT molecular complexity index is 365. The van der Waals surface area contributed by atoms with Crippen LogP contribution >= 0.6 is 0 Å². The molecule has 0 saturated carbocycles. The minimum Gasteiger partial charge on any atom is -0.308 e. The van der Waals surface area contributed by atoms with Crippen molar-refractivity contribution in [2.24, 2.45) is 0 Å². The molecule has 1 heterocycles. The Balaban J connectivity index is 2.49. The molecule has 3 heteroatoms. The molecule has 0 aromatic carbocycles. The lowest BCUT2D eigenvalue weighted by Crippen LogP contribution is -2.35. The van der Waals surface area contributed by atoms with Gasteiger partial charge in [-0.25, -0.2) is 0 Å². The lowest BCUT2D eigenvalue weighted by molar-refractivity contribution is 0.272. The Kier molecular flexibility index (Phi) is 7.17. The Hall–Kier alpha value is -0.930. The fourth-order valence-electron chi connectivity index (χ4n) is 1.98. The van der Waals surface area contributed by atoms with Gasteiger partial charge in [0.2, 0.25) is 0 Å². The summed E-state index contributed by atoms with van der Waals surface area (Å²) in [4.78, 5) is 7.05. The third-order valence-electron chi connectivity index (χ3n) is 3.37. The van der Waals surface area contributed by atoms with Gasteiger partial charge in [0.25, 0.3) is 0 Å². The largest absolute Gasteiger partial charge is 0.308 e. The molecule has 0 aliphatic heterocycles. The minimum atomic E-state index is 0.151. The van der Waals surface area contributed by atoms with Crippen LogP contribution in [0.3, 0.4) is 0 Å². The fraction of sp³-hybridized carbons (Fsp3) is 0.706. The third-order valence-corrected chi connectivity index (χ3v) is 3.37. The highest BCUT2D eigenvalue weighted by atomic mass is 15.1. The monoisotopic (exact) mass is 277 g/mol. The van der Waals surface area contributed by atoms with E-state index in [1.165, 1.54) is 30.6 Å². The highest BCUT2D eigenvalue weighted by Crippen LogP contribution is 2.07. The van der Waals surface area contributed by atoms with Gasteiger partial charge in [0.1, 0.15) is 0 Å². The van der Waals surface area contributed by atoms with Crippen molar-refractivity contribution in [3.05, 3.63) is 29.6 Å². The molecule has 1 N–H and O–H groups in total. The van der Waals surface area contributed by atoms with Crippen molar-refractivity contribution in [2.75, 3.05) is 13.1 Å². The van der Waals surface area contributed by atoms with E-state index < -0.39 is 0 Å². The Labute approximate surface area is 124 Å². The Morgan fingerprint density at radius 3 is 2.45 bits per heavy atom. The average molecular weight is 277 g/mol. The molecule has 0 aliphatic carbocycles. The molecule has 0 atom stereocenters. The van der Waals surface area contributed by atoms with E-state index in [9.17, 15) is 0 Å². The molecule has 0 fully saturated rings. The topological polar surface area (TPSA) is 28.2 Å². The summed E-state index contributed by atoms with van der Waals surface area (Å²) < 4.78 is 0. The summed E-state index contributed by atoms with van der Waals surface area (Å²) in [6.07, 6.45) is 4.52. The van der Waals surface area contributed by atoms with Crippen molar-refractivity contribution < 1.29 is 0 Å². The maximum atomic E-state index is 4.59. The number of nitrogens with one attached hydrogen (secondary N) is 1. The second-order valence-electron chi connectivity index (χ2n) is 6.48. The van der Waals surface area contributed by atoms with Gasteiger partial charge in [-0.2, -0.15) is 0 Å². The van der Waals surface area contributed by atoms with E-state index in [1.54, 1.807) is 0 Å². The van der Waals surface area contributed by atoms with Crippen LogP contribution in [0.5, 0.6) is 0 Å². The first-order chi connectivity index (χ1) is 9.44. The quantitative estimate of drug-likeness (QED) is 0.787. The SMILES string of the molecule is CCCCN(CC)Cc1ccc(CNC(C)(C)C)cn1. The van der Waals surface area contributed by atoms with E-state index in [4.69, 9.17) is 0 Å². The van der Waals surface area contributed by atoms with Crippen molar-refractivity contribution in [1.82, 2.24) is 15.2 Å². The zero-order valence-corrected chi connectivity index (χ0v) is 13.9. The number of nitrogens with zero attached hydrogens (tertiary/aromatic N) is 2. The number of aromatic nitrogens is 1. The van der Waals surface area contributed by atoms with Crippen LogP contribution in [0.4, 0.5) is 0 Å². The van der Waals surface area contributed by atoms with Crippen molar-refractivity contribution in [3.8, 4) is 0 Å². The molecule has 0 saturated heterocycles. The van der Waals surface area contributed by atoms with Gasteiger partial charge in [0, 0.05) is 24.8 Å². The molecule has 114 valence electrons. The summed E-state index contributed by atoms with van der Waals surface area (Å²) >= 11 is 0. The summed E-state index contributed by atoms with van der Waals surface area (Å²) in [6, 6.07) is 4.35. The van der Waals surface area contributed by atoms with Crippen molar-refractivity contribution in [2.45, 2.75) is 66.1 Å². The second-order valence-corrected chi connectivity index (χ2v) is 6.48. The molecule has 1 aromatic heterocycles. The summed E-state index contributed by atoms with van der Waals surface area (Å²) in [7, 11) is 0. The molecule has 0 unspecified atom stereocenters. The maximum Gasteiger partial charge on any atom is 0.0544 e. The molecule has 0 amide bonds. The van der Waals surface area contributed by atoms with Gasteiger partial charge < -0.3 is 5.32 Å². The van der Waals surface area contributed by atoms with Crippen molar-refractivity contribution in [1.29, 1.82) is 0 Å². The van der Waals surface area contributed by atoms with Crippen LogP contribution in [0.2, 0.25) is 0 Å². The van der Waals surface area contributed by atoms with Crippen molar-refractivity contribution in [3.63, 3.8) is 0 Å². The maximum absolute atomic E-state index is 4.59. The van der Waals surface area contributed by atoms with E-state index in [2.05, 4.69) is 62.0 Å². The average Bonchev–Trinajstić information content (AvgIpc) is 2.41. The molecule has 0 spiro atoms. The van der Waals surface area contributed by atoms with Gasteiger partial charge in [-0.15, -0.1) is 0 Å². The van der Waals surface area contributed by atoms with E-state index in [0.717, 1.165) is 19.6 Å². The summed E-state index contributed by atoms with van der Waals surface area (Å²) in [6.45, 7) is 15.1. The van der Waals surface area contributed by atoms with Crippen LogP contribution in [-0.4, -0.2) is 28.5 Å². The number of rotatable bonds is 8. The number of pyridine rings is 1. The summed E-state index contributed by atoms with van der Waals surface area (Å²) in [5.74, 6) is 0. The zero-order chi connectivity index (χ0) is 15.0. The number of unbranched alkanes of at least 4 members (excludes halogenated alkanes) is 1. The zero-order valence-electron chi connectivity index (χ0n) is 13.9. The van der Waals surface area contributed by atoms with Crippen LogP contribution in [-0.2, 0) is 13.1 Å². The van der Waals surface area contributed by atoms with E-state index >= 15 is 0 Å². The van der Waals surface area contributed by atoms with Crippen LogP contribution < -0.4 is 5.32 Å². The molecule has 1 rings (SSSR count). The molecule has 0 bridgehead atoms. The van der Waals surface area contributed by atoms with Crippen LogP contribution in [0, 0.1) is 0 Å². The smallest absolute Gasteiger partial charge is 0.0544 e. The van der Waals surface area contributed by atoms with E-state index in [-0.39, 0.29) is 5.54 Å². The molecule has 0 radical (unpaired) electrons. The first kappa shape index (κ1) is 17.1. The lowest BCUT2D eigenvalue weighted by atomic mass is 10.1. The highest BCUT2D eigenvalue weighted by molar-refractivity contribution is 5.14. The van der Waals surface area contributed by atoms with Gasteiger partial charge in [-0.3, -0.25) is 9.88 Å². The Morgan fingerprint density at radius 2 is 1.95 bits per heavy atom. The molecule has 3 nitrogen and oxygen atoms in total. The van der Waals surface area contributed by atoms with Crippen molar-refractivity contribution >= 4 is 0 Å². The molecular weight excluding hydrogens is 246 g/mol. The van der Waals surface area contributed by atoms with Gasteiger partial charge in [0.05, 0.1) is 5.69 Å².